The van der Waals surface area contributed by atoms with Crippen molar-refractivity contribution in [3.63, 3.8) is 0 Å². The maximum absolute atomic E-state index is 9.19. The number of hydrogen-bond acceptors (Lipinski definition) is 4. The first kappa shape index (κ1) is 15.3. The molecule has 4 nitrogen and oxygen atoms in total. The van der Waals surface area contributed by atoms with Gasteiger partial charge in [-0.25, -0.2) is 0 Å². The second-order valence-electron chi connectivity index (χ2n) is 4.64. The van der Waals surface area contributed by atoms with Crippen molar-refractivity contribution in [3.05, 3.63) is 24.3 Å². The number of nitriles is 1. The fraction of sp³-hybridized carbons (Fsp3) is 0.533. The van der Waals surface area contributed by atoms with E-state index in [2.05, 4.69) is 18.3 Å². The normalized spacial score (nSPS) is 13.4. The van der Waals surface area contributed by atoms with Crippen molar-refractivity contribution in [3.8, 4) is 17.6 Å². The molecular weight excluding hydrogens is 240 g/mol. The molecule has 0 aliphatic heterocycles. The summed E-state index contributed by atoms with van der Waals surface area (Å²) in [5, 5.41) is 12.4. The average Bonchev–Trinajstić information content (AvgIpc) is 2.46. The van der Waals surface area contributed by atoms with Crippen molar-refractivity contribution >= 4 is 0 Å². The molecule has 0 fully saturated rings. The molecule has 0 aliphatic carbocycles. The highest BCUT2D eigenvalue weighted by molar-refractivity contribution is 5.31. The first-order valence-corrected chi connectivity index (χ1v) is 6.56. The summed E-state index contributed by atoms with van der Waals surface area (Å²) < 4.78 is 10.7. The van der Waals surface area contributed by atoms with Gasteiger partial charge in [0.2, 0.25) is 0 Å². The quantitative estimate of drug-likeness (QED) is 0.782. The van der Waals surface area contributed by atoms with Crippen molar-refractivity contribution in [1.29, 1.82) is 5.26 Å². The zero-order valence-corrected chi connectivity index (χ0v) is 11.9. The van der Waals surface area contributed by atoms with Crippen molar-refractivity contribution in [2.45, 2.75) is 32.2 Å². The van der Waals surface area contributed by atoms with Gasteiger partial charge in [-0.05, 0) is 44.2 Å². The fourth-order valence-electron chi connectivity index (χ4n) is 1.63. The van der Waals surface area contributed by atoms with Crippen molar-refractivity contribution in [2.24, 2.45) is 0 Å². The molecule has 0 saturated carbocycles. The minimum absolute atomic E-state index is 0.507. The first-order valence-electron chi connectivity index (χ1n) is 6.56. The maximum Gasteiger partial charge on any atom is 0.119 e. The lowest BCUT2D eigenvalue weighted by Crippen LogP contribution is -2.42. The number of hydrogen-bond donors (Lipinski definition) is 1. The SMILES string of the molecule is CCCNC(C)(C#N)CCOc1ccc(OC)cc1. The van der Waals surface area contributed by atoms with Gasteiger partial charge in [-0.2, -0.15) is 5.26 Å². The van der Waals surface area contributed by atoms with Gasteiger partial charge in [0.25, 0.3) is 0 Å². The lowest BCUT2D eigenvalue weighted by atomic mass is 10.0. The second-order valence-corrected chi connectivity index (χ2v) is 4.64. The van der Waals surface area contributed by atoms with Crippen LogP contribution in [-0.2, 0) is 0 Å². The summed E-state index contributed by atoms with van der Waals surface area (Å²) in [5.41, 5.74) is -0.525. The minimum atomic E-state index is -0.525. The van der Waals surface area contributed by atoms with Gasteiger partial charge in [0.05, 0.1) is 19.8 Å². The second kappa shape index (κ2) is 7.65. The predicted octanol–water partition coefficient (Wildman–Crippen LogP) is 2.75. The average molecular weight is 262 g/mol. The summed E-state index contributed by atoms with van der Waals surface area (Å²) >= 11 is 0. The van der Waals surface area contributed by atoms with Gasteiger partial charge in [0, 0.05) is 6.42 Å². The molecule has 0 heterocycles. The molecule has 1 N–H and O–H groups in total. The van der Waals surface area contributed by atoms with Crippen LogP contribution in [0.25, 0.3) is 0 Å². The molecule has 104 valence electrons. The molecule has 1 aromatic carbocycles. The Morgan fingerprint density at radius 2 is 1.89 bits per heavy atom. The number of nitrogens with zero attached hydrogens (tertiary/aromatic N) is 1. The number of benzene rings is 1. The molecule has 0 bridgehead atoms. The highest BCUT2D eigenvalue weighted by atomic mass is 16.5. The van der Waals surface area contributed by atoms with E-state index in [1.807, 2.05) is 31.2 Å². The Morgan fingerprint density at radius 3 is 2.42 bits per heavy atom. The van der Waals surface area contributed by atoms with Gasteiger partial charge in [0.15, 0.2) is 0 Å². The van der Waals surface area contributed by atoms with E-state index in [0.29, 0.717) is 13.0 Å². The Bertz CT molecular complexity index is 411. The Morgan fingerprint density at radius 1 is 1.26 bits per heavy atom. The van der Waals surface area contributed by atoms with Gasteiger partial charge in [-0.15, -0.1) is 0 Å². The summed E-state index contributed by atoms with van der Waals surface area (Å²) in [7, 11) is 1.63. The molecule has 1 atom stereocenters. The molecule has 1 aromatic rings. The molecule has 4 heteroatoms. The monoisotopic (exact) mass is 262 g/mol. The summed E-state index contributed by atoms with van der Waals surface area (Å²) in [5.74, 6) is 1.59. The van der Waals surface area contributed by atoms with Crippen LogP contribution in [0, 0.1) is 11.3 Å². The number of rotatable bonds is 8. The van der Waals surface area contributed by atoms with Gasteiger partial charge >= 0.3 is 0 Å². The highest BCUT2D eigenvalue weighted by Crippen LogP contribution is 2.18. The van der Waals surface area contributed by atoms with Crippen molar-refractivity contribution in [1.82, 2.24) is 5.32 Å². The van der Waals surface area contributed by atoms with Gasteiger partial charge in [-0.1, -0.05) is 6.92 Å². The lowest BCUT2D eigenvalue weighted by Gasteiger charge is -2.23. The third-order valence-corrected chi connectivity index (χ3v) is 2.94. The maximum atomic E-state index is 9.19. The number of nitrogens with one attached hydrogen (secondary N) is 1. The van der Waals surface area contributed by atoms with E-state index in [4.69, 9.17) is 9.47 Å². The zero-order valence-electron chi connectivity index (χ0n) is 11.9. The van der Waals surface area contributed by atoms with E-state index in [-0.39, 0.29) is 0 Å². The van der Waals surface area contributed by atoms with E-state index < -0.39 is 5.54 Å². The molecular formula is C15H22N2O2. The predicted molar refractivity (Wildman–Crippen MR) is 75.4 cm³/mol. The van der Waals surface area contributed by atoms with Crippen LogP contribution in [-0.4, -0.2) is 25.8 Å². The van der Waals surface area contributed by atoms with Crippen molar-refractivity contribution < 1.29 is 9.47 Å². The lowest BCUT2D eigenvalue weighted by molar-refractivity contribution is 0.267. The molecule has 1 unspecified atom stereocenters. The standard InChI is InChI=1S/C15H22N2O2/c1-4-10-17-15(2,12-16)9-11-19-14-7-5-13(18-3)6-8-14/h5-8,17H,4,9-11H2,1-3H3. The van der Waals surface area contributed by atoms with Crippen LogP contribution >= 0.6 is 0 Å². The van der Waals surface area contributed by atoms with E-state index in [1.54, 1.807) is 7.11 Å². The number of ether oxygens (including phenoxy) is 2. The number of methoxy groups -OCH3 is 1. The Kier molecular flexibility index (Phi) is 6.17. The van der Waals surface area contributed by atoms with E-state index in [1.165, 1.54) is 0 Å². The van der Waals surface area contributed by atoms with E-state index in [9.17, 15) is 5.26 Å². The molecule has 0 saturated heterocycles. The topological polar surface area (TPSA) is 54.3 Å². The first-order chi connectivity index (χ1) is 9.13. The fourth-order valence-corrected chi connectivity index (χ4v) is 1.63. The van der Waals surface area contributed by atoms with Crippen LogP contribution < -0.4 is 14.8 Å². The van der Waals surface area contributed by atoms with Gasteiger partial charge in [-0.3, -0.25) is 5.32 Å². The van der Waals surface area contributed by atoms with Crippen LogP contribution in [0.4, 0.5) is 0 Å². The van der Waals surface area contributed by atoms with Crippen molar-refractivity contribution in [2.75, 3.05) is 20.3 Å². The highest BCUT2D eigenvalue weighted by Gasteiger charge is 2.22. The molecule has 19 heavy (non-hydrogen) atoms. The summed E-state index contributed by atoms with van der Waals surface area (Å²) in [6.45, 7) is 5.33. The van der Waals surface area contributed by atoms with E-state index in [0.717, 1.165) is 24.5 Å². The zero-order chi connectivity index (χ0) is 14.1. The van der Waals surface area contributed by atoms with Gasteiger partial charge in [0.1, 0.15) is 17.0 Å². The third kappa shape index (κ3) is 5.19. The Balaban J connectivity index is 2.41. The summed E-state index contributed by atoms with van der Waals surface area (Å²) in [6.07, 6.45) is 1.66. The third-order valence-electron chi connectivity index (χ3n) is 2.94. The Labute approximate surface area is 115 Å². The molecule has 0 amide bonds. The summed E-state index contributed by atoms with van der Waals surface area (Å²) in [4.78, 5) is 0. The van der Waals surface area contributed by atoms with Gasteiger partial charge < -0.3 is 9.47 Å². The van der Waals surface area contributed by atoms with Crippen LogP contribution in [0.5, 0.6) is 11.5 Å². The minimum Gasteiger partial charge on any atom is -0.497 e. The largest absolute Gasteiger partial charge is 0.497 e. The molecule has 0 aromatic heterocycles. The molecule has 0 radical (unpaired) electrons. The molecule has 0 aliphatic rings. The molecule has 1 rings (SSSR count). The van der Waals surface area contributed by atoms with Crippen LogP contribution in [0.1, 0.15) is 26.7 Å². The smallest absolute Gasteiger partial charge is 0.119 e. The molecule has 0 spiro atoms. The van der Waals surface area contributed by atoms with Crippen LogP contribution in [0.15, 0.2) is 24.3 Å². The Hall–Kier alpha value is -1.73. The van der Waals surface area contributed by atoms with Crippen LogP contribution in [0.2, 0.25) is 0 Å². The van der Waals surface area contributed by atoms with E-state index >= 15 is 0 Å². The summed E-state index contributed by atoms with van der Waals surface area (Å²) in [6, 6.07) is 9.74. The van der Waals surface area contributed by atoms with Crippen LogP contribution in [0.3, 0.4) is 0 Å².